The SMILES string of the molecule is CCC(=O)Nc1ccc(C(=O)COC(=O)c2ccc(S(=O)(=O)NCc3ccco3)cc2)cc1. The van der Waals surface area contributed by atoms with Gasteiger partial charge in [0.15, 0.2) is 12.4 Å². The van der Waals surface area contributed by atoms with Crippen molar-refractivity contribution in [3.05, 3.63) is 83.8 Å². The van der Waals surface area contributed by atoms with Crippen molar-refractivity contribution < 1.29 is 32.0 Å². The van der Waals surface area contributed by atoms with Crippen LogP contribution in [-0.4, -0.2) is 32.7 Å². The molecule has 1 heterocycles. The molecule has 10 heteroatoms. The minimum Gasteiger partial charge on any atom is -0.468 e. The van der Waals surface area contributed by atoms with E-state index >= 15 is 0 Å². The molecule has 0 fully saturated rings. The third kappa shape index (κ3) is 6.61. The van der Waals surface area contributed by atoms with Crippen LogP contribution < -0.4 is 10.0 Å². The zero-order valence-corrected chi connectivity index (χ0v) is 18.6. The Morgan fingerprint density at radius 3 is 2.21 bits per heavy atom. The van der Waals surface area contributed by atoms with Crippen LogP contribution in [0, 0.1) is 0 Å². The maximum Gasteiger partial charge on any atom is 0.338 e. The van der Waals surface area contributed by atoms with Crippen LogP contribution >= 0.6 is 0 Å². The van der Waals surface area contributed by atoms with Crippen LogP contribution in [0.4, 0.5) is 5.69 Å². The molecule has 0 saturated carbocycles. The van der Waals surface area contributed by atoms with E-state index in [1.165, 1.54) is 42.7 Å². The summed E-state index contributed by atoms with van der Waals surface area (Å²) in [4.78, 5) is 35.9. The van der Waals surface area contributed by atoms with Gasteiger partial charge in [0.25, 0.3) is 0 Å². The van der Waals surface area contributed by atoms with Gasteiger partial charge < -0.3 is 14.5 Å². The molecule has 2 N–H and O–H groups in total. The van der Waals surface area contributed by atoms with E-state index in [1.54, 1.807) is 31.2 Å². The quantitative estimate of drug-likeness (QED) is 0.344. The molecule has 9 nitrogen and oxygen atoms in total. The van der Waals surface area contributed by atoms with Crippen molar-refractivity contribution in [1.82, 2.24) is 4.72 Å². The largest absolute Gasteiger partial charge is 0.468 e. The van der Waals surface area contributed by atoms with E-state index < -0.39 is 28.4 Å². The van der Waals surface area contributed by atoms with E-state index in [0.717, 1.165) is 0 Å². The van der Waals surface area contributed by atoms with E-state index in [2.05, 4.69) is 10.0 Å². The Labute approximate surface area is 190 Å². The lowest BCUT2D eigenvalue weighted by atomic mass is 10.1. The van der Waals surface area contributed by atoms with Crippen LogP contribution in [0.25, 0.3) is 0 Å². The predicted octanol–water partition coefficient (Wildman–Crippen LogP) is 3.15. The Balaban J connectivity index is 1.54. The van der Waals surface area contributed by atoms with Crippen molar-refractivity contribution in [3.8, 4) is 0 Å². The first-order valence-corrected chi connectivity index (χ1v) is 11.5. The number of nitrogens with one attached hydrogen (secondary N) is 2. The number of anilines is 1. The second-order valence-corrected chi connectivity index (χ2v) is 8.67. The summed E-state index contributed by atoms with van der Waals surface area (Å²) < 4.78 is 37.2. The molecule has 0 aliphatic heterocycles. The van der Waals surface area contributed by atoms with Crippen LogP contribution in [0.15, 0.2) is 76.2 Å². The molecular weight excluding hydrogens is 448 g/mol. The Kier molecular flexibility index (Phi) is 7.75. The lowest BCUT2D eigenvalue weighted by molar-refractivity contribution is -0.115. The number of furan rings is 1. The maximum absolute atomic E-state index is 12.3. The number of amides is 1. The number of benzene rings is 2. The van der Waals surface area contributed by atoms with Crippen molar-refractivity contribution in [2.24, 2.45) is 0 Å². The smallest absolute Gasteiger partial charge is 0.338 e. The minimum atomic E-state index is -3.80. The van der Waals surface area contributed by atoms with E-state index in [0.29, 0.717) is 23.4 Å². The minimum absolute atomic E-state index is 0.00675. The van der Waals surface area contributed by atoms with Crippen molar-refractivity contribution in [2.75, 3.05) is 11.9 Å². The van der Waals surface area contributed by atoms with Gasteiger partial charge in [-0.3, -0.25) is 9.59 Å². The fraction of sp³-hybridized carbons (Fsp3) is 0.174. The molecular formula is C23H22N2O7S. The standard InChI is InChI=1S/C23H22N2O7S/c1-2-22(27)25-18-9-5-16(6-10-18)21(26)15-32-23(28)17-7-11-20(12-8-17)33(29,30)24-14-19-4-3-13-31-19/h3-13,24H,2,14-15H2,1H3,(H,25,27). The zero-order chi connectivity index (χ0) is 23.8. The summed E-state index contributed by atoms with van der Waals surface area (Å²) in [5, 5.41) is 2.67. The molecule has 3 rings (SSSR count). The Morgan fingerprint density at radius 1 is 0.939 bits per heavy atom. The van der Waals surface area contributed by atoms with E-state index in [4.69, 9.17) is 9.15 Å². The summed E-state index contributed by atoms with van der Waals surface area (Å²) in [7, 11) is -3.80. The number of hydrogen-bond acceptors (Lipinski definition) is 7. The number of rotatable bonds is 10. The molecule has 0 radical (unpaired) electrons. The molecule has 0 unspecified atom stereocenters. The molecule has 1 amide bonds. The molecule has 0 aliphatic carbocycles. The highest BCUT2D eigenvalue weighted by Crippen LogP contribution is 2.14. The zero-order valence-electron chi connectivity index (χ0n) is 17.7. The summed E-state index contributed by atoms with van der Waals surface area (Å²) in [6.45, 7) is 1.24. The molecule has 3 aromatic rings. The average molecular weight is 471 g/mol. The fourth-order valence-electron chi connectivity index (χ4n) is 2.72. The molecule has 0 aliphatic rings. The first-order chi connectivity index (χ1) is 15.8. The van der Waals surface area contributed by atoms with Gasteiger partial charge in [0, 0.05) is 17.7 Å². The van der Waals surface area contributed by atoms with Gasteiger partial charge >= 0.3 is 5.97 Å². The molecule has 2 aromatic carbocycles. The highest BCUT2D eigenvalue weighted by Gasteiger charge is 2.17. The van der Waals surface area contributed by atoms with Crippen molar-refractivity contribution >= 4 is 33.4 Å². The van der Waals surface area contributed by atoms with Gasteiger partial charge in [0.1, 0.15) is 5.76 Å². The highest BCUT2D eigenvalue weighted by atomic mass is 32.2. The number of esters is 1. The van der Waals surface area contributed by atoms with Gasteiger partial charge in [0.05, 0.1) is 23.3 Å². The maximum atomic E-state index is 12.3. The molecule has 0 saturated heterocycles. The number of carbonyl (C=O) groups is 3. The van der Waals surface area contributed by atoms with Crippen molar-refractivity contribution in [1.29, 1.82) is 0 Å². The van der Waals surface area contributed by atoms with Crippen LogP contribution in [-0.2, 0) is 26.1 Å². The van der Waals surface area contributed by atoms with Crippen LogP contribution in [0.2, 0.25) is 0 Å². The number of ether oxygens (including phenoxy) is 1. The van der Waals surface area contributed by atoms with Crippen molar-refractivity contribution in [3.63, 3.8) is 0 Å². The second kappa shape index (κ2) is 10.7. The number of sulfonamides is 1. The summed E-state index contributed by atoms with van der Waals surface area (Å²) in [5.74, 6) is -0.861. The van der Waals surface area contributed by atoms with Crippen LogP contribution in [0.3, 0.4) is 0 Å². The summed E-state index contributed by atoms with van der Waals surface area (Å²) >= 11 is 0. The van der Waals surface area contributed by atoms with E-state index in [1.807, 2.05) is 0 Å². The average Bonchev–Trinajstić information content (AvgIpc) is 3.35. The van der Waals surface area contributed by atoms with E-state index in [9.17, 15) is 22.8 Å². The monoisotopic (exact) mass is 470 g/mol. The van der Waals surface area contributed by atoms with Gasteiger partial charge in [-0.15, -0.1) is 0 Å². The number of ketones is 1. The molecule has 172 valence electrons. The third-order valence-electron chi connectivity index (χ3n) is 4.56. The number of Topliss-reactive ketones (excluding diaryl/α,β-unsaturated/α-hetero) is 1. The first kappa shape index (κ1) is 23.9. The summed E-state index contributed by atoms with van der Waals surface area (Å²) in [5.41, 5.74) is 0.982. The predicted molar refractivity (Wildman–Crippen MR) is 119 cm³/mol. The van der Waals surface area contributed by atoms with Gasteiger partial charge in [-0.2, -0.15) is 0 Å². The molecule has 1 aromatic heterocycles. The number of hydrogen-bond donors (Lipinski definition) is 2. The Hall–Kier alpha value is -3.76. The number of carbonyl (C=O) groups excluding carboxylic acids is 3. The fourth-order valence-corrected chi connectivity index (χ4v) is 3.71. The van der Waals surface area contributed by atoms with Gasteiger partial charge in [-0.1, -0.05) is 6.92 Å². The third-order valence-corrected chi connectivity index (χ3v) is 5.98. The lowest BCUT2D eigenvalue weighted by Crippen LogP contribution is -2.23. The molecule has 33 heavy (non-hydrogen) atoms. The van der Waals surface area contributed by atoms with E-state index in [-0.39, 0.29) is 22.9 Å². The lowest BCUT2D eigenvalue weighted by Gasteiger charge is -2.08. The van der Waals surface area contributed by atoms with Crippen molar-refractivity contribution in [2.45, 2.75) is 24.8 Å². The van der Waals surface area contributed by atoms with Gasteiger partial charge in [0.2, 0.25) is 15.9 Å². The molecule has 0 atom stereocenters. The molecule has 0 bridgehead atoms. The van der Waals surface area contributed by atoms with Gasteiger partial charge in [-0.25, -0.2) is 17.9 Å². The van der Waals surface area contributed by atoms with Crippen LogP contribution in [0.5, 0.6) is 0 Å². The van der Waals surface area contributed by atoms with Gasteiger partial charge in [-0.05, 0) is 60.7 Å². The Bertz CT molecular complexity index is 1220. The topological polar surface area (TPSA) is 132 Å². The summed E-state index contributed by atoms with van der Waals surface area (Å²) in [6.07, 6.45) is 1.78. The molecule has 0 spiro atoms. The normalized spacial score (nSPS) is 11.1. The summed E-state index contributed by atoms with van der Waals surface area (Å²) in [6, 6.07) is 14.7. The van der Waals surface area contributed by atoms with Crippen LogP contribution in [0.1, 0.15) is 39.8 Å². The second-order valence-electron chi connectivity index (χ2n) is 6.91. The Morgan fingerprint density at radius 2 is 1.61 bits per heavy atom. The first-order valence-electron chi connectivity index (χ1n) is 10.0. The highest BCUT2D eigenvalue weighted by molar-refractivity contribution is 7.89.